The molecular weight excluding hydrogens is 346 g/mol. The molecule has 0 aliphatic carbocycles. The zero-order valence-electron chi connectivity index (χ0n) is 16.1. The maximum absolute atomic E-state index is 12.9. The van der Waals surface area contributed by atoms with Crippen LogP contribution in [-0.2, 0) is 4.74 Å². The Morgan fingerprint density at radius 2 is 1.48 bits per heavy atom. The van der Waals surface area contributed by atoms with E-state index in [2.05, 4.69) is 0 Å². The van der Waals surface area contributed by atoms with Gasteiger partial charge in [0.1, 0.15) is 12.4 Å². The Bertz CT molecular complexity index is 638. The fourth-order valence-electron chi connectivity index (χ4n) is 3.56. The van der Waals surface area contributed by atoms with Crippen molar-refractivity contribution in [3.63, 3.8) is 0 Å². The molecule has 0 spiro atoms. The summed E-state index contributed by atoms with van der Waals surface area (Å²) in [7, 11) is 1.62. The second-order valence-corrected chi connectivity index (χ2v) is 6.95. The van der Waals surface area contributed by atoms with E-state index in [1.165, 1.54) is 6.42 Å². The van der Waals surface area contributed by atoms with Crippen LogP contribution in [0.25, 0.3) is 0 Å². The number of carbonyl (C=O) groups is 2. The molecule has 3 amide bonds. The van der Waals surface area contributed by atoms with Crippen LogP contribution in [-0.4, -0.2) is 86.2 Å². The average molecular weight is 375 g/mol. The van der Waals surface area contributed by atoms with E-state index in [4.69, 9.17) is 9.47 Å². The van der Waals surface area contributed by atoms with Gasteiger partial charge in [-0.15, -0.1) is 0 Å². The molecule has 2 fully saturated rings. The van der Waals surface area contributed by atoms with Crippen LogP contribution in [0.15, 0.2) is 24.3 Å². The monoisotopic (exact) mass is 375 g/mol. The summed E-state index contributed by atoms with van der Waals surface area (Å²) in [6, 6.07) is 7.40. The fourth-order valence-corrected chi connectivity index (χ4v) is 3.56. The van der Waals surface area contributed by atoms with Gasteiger partial charge in [-0.05, 0) is 31.4 Å². The number of hydrogen-bond donors (Lipinski definition) is 0. The Labute approximate surface area is 160 Å². The molecule has 1 aromatic carbocycles. The molecular formula is C20H29N3O4. The van der Waals surface area contributed by atoms with Gasteiger partial charge in [0.05, 0.1) is 12.2 Å². The van der Waals surface area contributed by atoms with Crippen molar-refractivity contribution in [2.45, 2.75) is 19.3 Å². The van der Waals surface area contributed by atoms with Crippen LogP contribution < -0.4 is 4.74 Å². The summed E-state index contributed by atoms with van der Waals surface area (Å²) in [5, 5.41) is 0. The van der Waals surface area contributed by atoms with Gasteiger partial charge in [-0.1, -0.05) is 12.1 Å². The lowest BCUT2D eigenvalue weighted by Crippen LogP contribution is -2.54. The molecule has 2 aliphatic heterocycles. The molecule has 27 heavy (non-hydrogen) atoms. The third kappa shape index (κ3) is 4.91. The Hall–Kier alpha value is -2.28. The second kappa shape index (κ2) is 9.60. The highest BCUT2D eigenvalue weighted by Gasteiger charge is 2.29. The lowest BCUT2D eigenvalue weighted by atomic mass is 10.1. The second-order valence-electron chi connectivity index (χ2n) is 6.95. The van der Waals surface area contributed by atoms with Gasteiger partial charge in [0.25, 0.3) is 5.91 Å². The number of urea groups is 1. The molecule has 7 nitrogen and oxygen atoms in total. The molecule has 148 valence electrons. The van der Waals surface area contributed by atoms with Crippen LogP contribution in [0.4, 0.5) is 4.79 Å². The summed E-state index contributed by atoms with van der Waals surface area (Å²) in [6.45, 7) is 4.82. The van der Waals surface area contributed by atoms with Gasteiger partial charge in [-0.25, -0.2) is 4.79 Å². The summed E-state index contributed by atoms with van der Waals surface area (Å²) >= 11 is 0. The minimum atomic E-state index is -0.0481. The quantitative estimate of drug-likeness (QED) is 0.739. The van der Waals surface area contributed by atoms with Gasteiger partial charge >= 0.3 is 6.03 Å². The molecule has 3 rings (SSSR count). The zero-order chi connectivity index (χ0) is 19.1. The molecule has 0 atom stereocenters. The predicted octanol–water partition coefficient (Wildman–Crippen LogP) is 2.08. The summed E-state index contributed by atoms with van der Waals surface area (Å²) < 4.78 is 10.7. The molecule has 2 aliphatic rings. The van der Waals surface area contributed by atoms with Crippen LogP contribution in [0.1, 0.15) is 29.6 Å². The minimum absolute atomic E-state index is 0.0481. The van der Waals surface area contributed by atoms with Gasteiger partial charge in [0, 0.05) is 46.4 Å². The van der Waals surface area contributed by atoms with Crippen molar-refractivity contribution in [2.75, 3.05) is 59.6 Å². The fraction of sp³-hybridized carbons (Fsp3) is 0.600. The number of methoxy groups -OCH3 is 1. The maximum atomic E-state index is 12.9. The van der Waals surface area contributed by atoms with Crippen molar-refractivity contribution in [3.05, 3.63) is 29.8 Å². The highest BCUT2D eigenvalue weighted by molar-refractivity contribution is 5.97. The summed E-state index contributed by atoms with van der Waals surface area (Å²) in [6.07, 6.45) is 3.38. The number of hydrogen-bond acceptors (Lipinski definition) is 4. The average Bonchev–Trinajstić information content (AvgIpc) is 2.74. The smallest absolute Gasteiger partial charge is 0.320 e. The molecule has 1 aromatic rings. The van der Waals surface area contributed by atoms with Crippen molar-refractivity contribution < 1.29 is 19.1 Å². The number of amides is 3. The first-order valence-corrected chi connectivity index (χ1v) is 9.74. The predicted molar refractivity (Wildman–Crippen MR) is 102 cm³/mol. The largest absolute Gasteiger partial charge is 0.490 e. The third-order valence-electron chi connectivity index (χ3n) is 5.13. The third-order valence-corrected chi connectivity index (χ3v) is 5.13. The molecule has 7 heteroatoms. The van der Waals surface area contributed by atoms with Crippen LogP contribution >= 0.6 is 0 Å². The van der Waals surface area contributed by atoms with Gasteiger partial charge in [-0.2, -0.15) is 0 Å². The Kier molecular flexibility index (Phi) is 6.92. The van der Waals surface area contributed by atoms with Crippen molar-refractivity contribution in [2.24, 2.45) is 0 Å². The lowest BCUT2D eigenvalue weighted by molar-refractivity contribution is 0.0627. The normalized spacial score (nSPS) is 17.7. The Morgan fingerprint density at radius 1 is 0.852 bits per heavy atom. The Balaban J connectivity index is 1.56. The van der Waals surface area contributed by atoms with E-state index >= 15 is 0 Å². The van der Waals surface area contributed by atoms with Gasteiger partial charge < -0.3 is 24.2 Å². The summed E-state index contributed by atoms with van der Waals surface area (Å²) in [4.78, 5) is 31.2. The van der Waals surface area contributed by atoms with E-state index < -0.39 is 0 Å². The minimum Gasteiger partial charge on any atom is -0.490 e. The first-order valence-electron chi connectivity index (χ1n) is 9.74. The number of piperidine rings is 1. The number of benzene rings is 1. The number of rotatable bonds is 5. The molecule has 0 bridgehead atoms. The highest BCUT2D eigenvalue weighted by atomic mass is 16.5. The van der Waals surface area contributed by atoms with Gasteiger partial charge in [0.15, 0.2) is 0 Å². The topological polar surface area (TPSA) is 62.3 Å². The van der Waals surface area contributed by atoms with E-state index in [-0.39, 0.29) is 11.9 Å². The maximum Gasteiger partial charge on any atom is 0.320 e. The SMILES string of the molecule is COCCOc1ccccc1C(=O)N1CCN(C(=O)N2CCCCC2)CC1. The van der Waals surface area contributed by atoms with Crippen LogP contribution in [0.5, 0.6) is 5.75 Å². The van der Waals surface area contributed by atoms with E-state index in [0.717, 1.165) is 25.9 Å². The zero-order valence-corrected chi connectivity index (χ0v) is 16.1. The molecule has 0 unspecified atom stereocenters. The van der Waals surface area contributed by atoms with E-state index in [1.54, 1.807) is 24.1 Å². The Morgan fingerprint density at radius 3 is 2.19 bits per heavy atom. The molecule has 0 N–H and O–H groups in total. The summed E-state index contributed by atoms with van der Waals surface area (Å²) in [5.41, 5.74) is 0.560. The standard InChI is InChI=1S/C20H29N3O4/c1-26-15-16-27-18-8-4-3-7-17(18)19(24)21-11-13-23(14-12-21)20(25)22-9-5-2-6-10-22/h3-4,7-8H,2,5-6,9-16H2,1H3. The van der Waals surface area contributed by atoms with Crippen molar-refractivity contribution in [3.8, 4) is 5.75 Å². The number of para-hydroxylation sites is 1. The van der Waals surface area contributed by atoms with Crippen LogP contribution in [0.2, 0.25) is 0 Å². The first-order chi connectivity index (χ1) is 13.2. The molecule has 0 aromatic heterocycles. The number of likely N-dealkylation sites (tertiary alicyclic amines) is 1. The van der Waals surface area contributed by atoms with Crippen LogP contribution in [0, 0.1) is 0 Å². The molecule has 0 radical (unpaired) electrons. The van der Waals surface area contributed by atoms with Crippen molar-refractivity contribution in [1.82, 2.24) is 14.7 Å². The van der Waals surface area contributed by atoms with E-state index in [9.17, 15) is 9.59 Å². The van der Waals surface area contributed by atoms with Crippen molar-refractivity contribution >= 4 is 11.9 Å². The van der Waals surface area contributed by atoms with Crippen LogP contribution in [0.3, 0.4) is 0 Å². The molecule has 2 heterocycles. The lowest BCUT2D eigenvalue weighted by Gasteiger charge is -2.38. The highest BCUT2D eigenvalue weighted by Crippen LogP contribution is 2.21. The number of nitrogens with zero attached hydrogens (tertiary/aromatic N) is 3. The number of ether oxygens (including phenoxy) is 2. The van der Waals surface area contributed by atoms with E-state index in [1.807, 2.05) is 21.9 Å². The van der Waals surface area contributed by atoms with Gasteiger partial charge in [0.2, 0.25) is 0 Å². The first kappa shape index (κ1) is 19.5. The van der Waals surface area contributed by atoms with Crippen molar-refractivity contribution in [1.29, 1.82) is 0 Å². The number of carbonyl (C=O) groups excluding carboxylic acids is 2. The summed E-state index contributed by atoms with van der Waals surface area (Å²) in [5.74, 6) is 0.527. The molecule has 2 saturated heterocycles. The molecule has 0 saturated carbocycles. The van der Waals surface area contributed by atoms with E-state index in [0.29, 0.717) is 50.7 Å². The van der Waals surface area contributed by atoms with Gasteiger partial charge in [-0.3, -0.25) is 4.79 Å². The number of piperazine rings is 1.